The molecular weight excluding hydrogens is 260 g/mol. The molecule has 0 aromatic heterocycles. The van der Waals surface area contributed by atoms with Crippen LogP contribution in [-0.4, -0.2) is 48.8 Å². The van der Waals surface area contributed by atoms with Gasteiger partial charge < -0.3 is 10.4 Å². The number of nitrogens with one attached hydrogen (secondary N) is 1. The molecule has 1 aliphatic rings. The predicted molar refractivity (Wildman–Crippen MR) is 91.6 cm³/mol. The molecule has 1 saturated carbocycles. The van der Waals surface area contributed by atoms with Crippen LogP contribution in [0.3, 0.4) is 0 Å². The normalized spacial score (nSPS) is 20.0. The van der Waals surface area contributed by atoms with Crippen molar-refractivity contribution in [1.29, 1.82) is 0 Å². The van der Waals surface area contributed by atoms with Crippen molar-refractivity contribution in [3.8, 4) is 0 Å². The fourth-order valence-electron chi connectivity index (χ4n) is 3.33. The second-order valence-electron chi connectivity index (χ2n) is 8.27. The molecule has 0 bridgehead atoms. The summed E-state index contributed by atoms with van der Waals surface area (Å²) < 4.78 is 0. The molecule has 1 fully saturated rings. The van der Waals surface area contributed by atoms with Crippen molar-refractivity contribution in [3.05, 3.63) is 0 Å². The van der Waals surface area contributed by atoms with Gasteiger partial charge in [0.2, 0.25) is 0 Å². The molecular formula is C18H38N2O. The third-order valence-electron chi connectivity index (χ3n) is 5.21. The van der Waals surface area contributed by atoms with Crippen molar-refractivity contribution in [2.75, 3.05) is 33.3 Å². The maximum Gasteiger partial charge on any atom is 0.0609 e. The van der Waals surface area contributed by atoms with Crippen LogP contribution in [0, 0.1) is 11.3 Å². The average molecular weight is 299 g/mol. The third kappa shape index (κ3) is 6.25. The van der Waals surface area contributed by atoms with Crippen LogP contribution in [-0.2, 0) is 0 Å². The van der Waals surface area contributed by atoms with Crippen molar-refractivity contribution < 1.29 is 5.11 Å². The summed E-state index contributed by atoms with van der Waals surface area (Å²) in [4.78, 5) is 2.37. The van der Waals surface area contributed by atoms with E-state index < -0.39 is 0 Å². The molecule has 0 saturated heterocycles. The molecule has 0 aliphatic heterocycles. The highest BCUT2D eigenvalue weighted by Gasteiger charge is 2.35. The first kappa shape index (κ1) is 18.9. The van der Waals surface area contributed by atoms with Gasteiger partial charge in [-0.3, -0.25) is 4.90 Å². The molecule has 2 N–H and O–H groups in total. The monoisotopic (exact) mass is 298 g/mol. The van der Waals surface area contributed by atoms with Crippen molar-refractivity contribution in [3.63, 3.8) is 0 Å². The Labute approximate surface area is 132 Å². The van der Waals surface area contributed by atoms with Crippen LogP contribution >= 0.6 is 0 Å². The van der Waals surface area contributed by atoms with E-state index >= 15 is 0 Å². The molecule has 0 unspecified atom stereocenters. The van der Waals surface area contributed by atoms with Crippen molar-refractivity contribution in [1.82, 2.24) is 10.2 Å². The van der Waals surface area contributed by atoms with Gasteiger partial charge in [0.15, 0.2) is 0 Å². The maximum atomic E-state index is 9.62. The highest BCUT2D eigenvalue weighted by Crippen LogP contribution is 2.36. The summed E-state index contributed by atoms with van der Waals surface area (Å²) in [5, 5.41) is 13.3. The van der Waals surface area contributed by atoms with Crippen molar-refractivity contribution in [2.45, 2.75) is 71.8 Å². The molecule has 0 heterocycles. The first-order valence-electron chi connectivity index (χ1n) is 8.84. The van der Waals surface area contributed by atoms with Gasteiger partial charge in [0.1, 0.15) is 0 Å². The van der Waals surface area contributed by atoms with Gasteiger partial charge in [0.25, 0.3) is 0 Å². The molecule has 3 heteroatoms. The number of nitrogens with zero attached hydrogens (tertiary/aromatic N) is 1. The molecule has 0 aromatic rings. The lowest BCUT2D eigenvalue weighted by Gasteiger charge is -2.43. The molecule has 0 radical (unpaired) electrons. The minimum atomic E-state index is -0.128. The molecule has 21 heavy (non-hydrogen) atoms. The van der Waals surface area contributed by atoms with Gasteiger partial charge in [-0.2, -0.15) is 0 Å². The summed E-state index contributed by atoms with van der Waals surface area (Å²) in [6.45, 7) is 12.4. The number of hydrogen-bond donors (Lipinski definition) is 2. The van der Waals surface area contributed by atoms with Gasteiger partial charge in [-0.15, -0.1) is 0 Å². The van der Waals surface area contributed by atoms with Crippen molar-refractivity contribution in [2.24, 2.45) is 11.3 Å². The molecule has 0 amide bonds. The van der Waals surface area contributed by atoms with E-state index in [0.29, 0.717) is 11.3 Å². The van der Waals surface area contributed by atoms with E-state index in [1.54, 1.807) is 0 Å². The SMILES string of the molecule is CC(C)CNCC1(CN(C)C(C)(C)CO)CCCCCC1. The number of aliphatic hydroxyl groups excluding tert-OH is 1. The molecule has 0 atom stereocenters. The zero-order chi connectivity index (χ0) is 15.9. The Balaban J connectivity index is 2.70. The number of rotatable bonds is 8. The Morgan fingerprint density at radius 3 is 2.19 bits per heavy atom. The highest BCUT2D eigenvalue weighted by atomic mass is 16.3. The summed E-state index contributed by atoms with van der Waals surface area (Å²) in [6.07, 6.45) is 8.14. The lowest BCUT2D eigenvalue weighted by atomic mass is 9.78. The minimum absolute atomic E-state index is 0.128. The summed E-state index contributed by atoms with van der Waals surface area (Å²) in [6, 6.07) is 0. The zero-order valence-corrected chi connectivity index (χ0v) is 15.0. The summed E-state index contributed by atoms with van der Waals surface area (Å²) >= 11 is 0. The lowest BCUT2D eigenvalue weighted by Crippen LogP contribution is -2.51. The van der Waals surface area contributed by atoms with Crippen LogP contribution in [0.25, 0.3) is 0 Å². The summed E-state index contributed by atoms with van der Waals surface area (Å²) in [7, 11) is 2.17. The lowest BCUT2D eigenvalue weighted by molar-refractivity contribution is 0.0341. The Bertz CT molecular complexity index is 281. The summed E-state index contributed by atoms with van der Waals surface area (Å²) in [5.41, 5.74) is 0.254. The fraction of sp³-hybridized carbons (Fsp3) is 1.00. The van der Waals surface area contributed by atoms with Gasteiger partial charge in [0.05, 0.1) is 6.61 Å². The standard InChI is InChI=1S/C18H38N2O/c1-16(2)12-19-13-18(10-8-6-7-9-11-18)14-20(5)17(3,4)15-21/h16,19,21H,6-15H2,1-5H3. The van der Waals surface area contributed by atoms with Gasteiger partial charge in [0, 0.05) is 18.6 Å². The Kier molecular flexibility index (Phi) is 7.66. The van der Waals surface area contributed by atoms with Gasteiger partial charge in [-0.05, 0) is 51.6 Å². The van der Waals surface area contributed by atoms with E-state index in [0.717, 1.165) is 19.6 Å². The van der Waals surface area contributed by atoms with E-state index in [4.69, 9.17) is 0 Å². The second-order valence-corrected chi connectivity index (χ2v) is 8.27. The smallest absolute Gasteiger partial charge is 0.0609 e. The number of likely N-dealkylation sites (N-methyl/N-ethyl adjacent to an activating group) is 1. The first-order valence-corrected chi connectivity index (χ1v) is 8.84. The largest absolute Gasteiger partial charge is 0.394 e. The Morgan fingerprint density at radius 1 is 1.14 bits per heavy atom. The summed E-state index contributed by atoms with van der Waals surface area (Å²) in [5.74, 6) is 0.708. The van der Waals surface area contributed by atoms with Gasteiger partial charge in [-0.25, -0.2) is 0 Å². The quantitative estimate of drug-likeness (QED) is 0.675. The van der Waals surface area contributed by atoms with Crippen LogP contribution in [0.4, 0.5) is 0 Å². The van der Waals surface area contributed by atoms with Crippen LogP contribution in [0.2, 0.25) is 0 Å². The topological polar surface area (TPSA) is 35.5 Å². The van der Waals surface area contributed by atoms with Crippen LogP contribution in [0.5, 0.6) is 0 Å². The molecule has 0 aromatic carbocycles. The van der Waals surface area contributed by atoms with Crippen LogP contribution in [0.1, 0.15) is 66.2 Å². The molecule has 3 nitrogen and oxygen atoms in total. The average Bonchev–Trinajstić information content (AvgIpc) is 2.64. The minimum Gasteiger partial charge on any atom is -0.394 e. The molecule has 1 aliphatic carbocycles. The van der Waals surface area contributed by atoms with E-state index in [-0.39, 0.29) is 12.1 Å². The predicted octanol–water partition coefficient (Wildman–Crippen LogP) is 3.28. The van der Waals surface area contributed by atoms with E-state index in [2.05, 4.69) is 45.0 Å². The second kappa shape index (κ2) is 8.50. The van der Waals surface area contributed by atoms with Crippen LogP contribution < -0.4 is 5.32 Å². The maximum absolute atomic E-state index is 9.62. The van der Waals surface area contributed by atoms with E-state index in [1.165, 1.54) is 38.5 Å². The number of hydrogen-bond acceptors (Lipinski definition) is 3. The van der Waals surface area contributed by atoms with Crippen LogP contribution in [0.15, 0.2) is 0 Å². The van der Waals surface area contributed by atoms with E-state index in [1.807, 2.05) is 0 Å². The Morgan fingerprint density at radius 2 is 1.71 bits per heavy atom. The third-order valence-corrected chi connectivity index (χ3v) is 5.21. The van der Waals surface area contributed by atoms with Gasteiger partial charge in [-0.1, -0.05) is 39.5 Å². The van der Waals surface area contributed by atoms with E-state index in [9.17, 15) is 5.11 Å². The number of aliphatic hydroxyl groups is 1. The molecule has 126 valence electrons. The zero-order valence-electron chi connectivity index (χ0n) is 15.0. The fourth-order valence-corrected chi connectivity index (χ4v) is 3.33. The van der Waals surface area contributed by atoms with Gasteiger partial charge >= 0.3 is 0 Å². The molecule has 1 rings (SSSR count). The Hall–Kier alpha value is -0.120. The highest BCUT2D eigenvalue weighted by molar-refractivity contribution is 4.90. The first-order chi connectivity index (χ1) is 9.81. The van der Waals surface area contributed by atoms with Crippen molar-refractivity contribution >= 4 is 0 Å². The molecule has 0 spiro atoms.